The Morgan fingerprint density at radius 3 is 2.56 bits per heavy atom. The van der Waals surface area contributed by atoms with Crippen LogP contribution in [0.15, 0.2) is 18.3 Å². The fraction of sp³-hybridized carbons (Fsp3) is 0. The maximum absolute atomic E-state index is 10.9. The highest BCUT2D eigenvalue weighted by molar-refractivity contribution is 6.30. The third kappa shape index (κ3) is 1.49. The fourth-order valence-electron chi connectivity index (χ4n) is 1.37. The predicted octanol–water partition coefficient (Wildman–Crippen LogP) is 1.38. The molecular weight excluding hydrogens is 236 g/mol. The van der Waals surface area contributed by atoms with E-state index >= 15 is 0 Å². The molecule has 2 rings (SSSR count). The lowest BCUT2D eigenvalue weighted by atomic mass is 10.3. The number of hydrogen-bond acceptors (Lipinski definition) is 3. The predicted molar refractivity (Wildman–Crippen MR) is 54.1 cm³/mol. The van der Waals surface area contributed by atoms with Crippen LogP contribution in [-0.2, 0) is 0 Å². The minimum Gasteiger partial charge on any atom is -0.476 e. The summed E-state index contributed by atoms with van der Waals surface area (Å²) in [5.41, 5.74) is -0.712. The molecule has 0 saturated heterocycles. The van der Waals surface area contributed by atoms with Gasteiger partial charge in [0, 0.05) is 17.3 Å². The van der Waals surface area contributed by atoms with Gasteiger partial charge >= 0.3 is 11.9 Å². The van der Waals surface area contributed by atoms with Crippen molar-refractivity contribution in [1.82, 2.24) is 9.38 Å². The molecular formula is C9H5ClN2O4. The van der Waals surface area contributed by atoms with Crippen LogP contribution in [-0.4, -0.2) is 31.5 Å². The van der Waals surface area contributed by atoms with Crippen LogP contribution in [0.25, 0.3) is 5.65 Å². The smallest absolute Gasteiger partial charge is 0.357 e. The molecule has 0 aliphatic rings. The monoisotopic (exact) mass is 240 g/mol. The Morgan fingerprint density at radius 2 is 2.00 bits per heavy atom. The van der Waals surface area contributed by atoms with E-state index < -0.39 is 17.6 Å². The quantitative estimate of drug-likeness (QED) is 0.827. The summed E-state index contributed by atoms with van der Waals surface area (Å²) in [6, 6.07) is 2.84. The van der Waals surface area contributed by atoms with E-state index in [-0.39, 0.29) is 11.3 Å². The zero-order chi connectivity index (χ0) is 11.9. The van der Waals surface area contributed by atoms with E-state index in [1.165, 1.54) is 18.3 Å². The van der Waals surface area contributed by atoms with Crippen molar-refractivity contribution >= 4 is 29.2 Å². The Kier molecular flexibility index (Phi) is 2.28. The highest BCUT2D eigenvalue weighted by atomic mass is 35.5. The first-order valence-electron chi connectivity index (χ1n) is 4.15. The second-order valence-electron chi connectivity index (χ2n) is 2.99. The van der Waals surface area contributed by atoms with Gasteiger partial charge in [0.05, 0.1) is 0 Å². The molecule has 0 fully saturated rings. The number of rotatable bonds is 2. The van der Waals surface area contributed by atoms with Crippen molar-refractivity contribution in [3.05, 3.63) is 34.7 Å². The van der Waals surface area contributed by atoms with Gasteiger partial charge in [-0.25, -0.2) is 14.6 Å². The maximum atomic E-state index is 10.9. The Bertz CT molecular complexity index is 605. The van der Waals surface area contributed by atoms with Crippen molar-refractivity contribution < 1.29 is 19.8 Å². The molecule has 16 heavy (non-hydrogen) atoms. The molecule has 0 unspecified atom stereocenters. The summed E-state index contributed by atoms with van der Waals surface area (Å²) in [4.78, 5) is 25.4. The molecule has 7 heteroatoms. The van der Waals surface area contributed by atoms with Crippen LogP contribution in [0.1, 0.15) is 21.0 Å². The average Bonchev–Trinajstić information content (AvgIpc) is 2.55. The van der Waals surface area contributed by atoms with E-state index in [4.69, 9.17) is 21.8 Å². The largest absolute Gasteiger partial charge is 0.476 e. The molecule has 0 aromatic carbocycles. The van der Waals surface area contributed by atoms with Crippen molar-refractivity contribution in [1.29, 1.82) is 0 Å². The van der Waals surface area contributed by atoms with E-state index in [2.05, 4.69) is 4.98 Å². The zero-order valence-electron chi connectivity index (χ0n) is 7.72. The van der Waals surface area contributed by atoms with Crippen LogP contribution in [0.4, 0.5) is 0 Å². The van der Waals surface area contributed by atoms with Gasteiger partial charge in [0.2, 0.25) is 0 Å². The van der Waals surface area contributed by atoms with Gasteiger partial charge in [-0.05, 0) is 6.07 Å². The summed E-state index contributed by atoms with van der Waals surface area (Å²) in [7, 11) is 0. The first-order chi connectivity index (χ1) is 7.50. The van der Waals surface area contributed by atoms with Gasteiger partial charge in [-0.15, -0.1) is 0 Å². The average molecular weight is 241 g/mol. The number of aromatic nitrogens is 2. The van der Waals surface area contributed by atoms with Gasteiger partial charge in [-0.1, -0.05) is 11.6 Å². The van der Waals surface area contributed by atoms with Crippen molar-refractivity contribution in [2.75, 3.05) is 0 Å². The van der Waals surface area contributed by atoms with E-state index in [0.717, 1.165) is 4.40 Å². The number of fused-ring (bicyclic) bond motifs is 1. The highest BCUT2D eigenvalue weighted by Crippen LogP contribution is 2.17. The third-order valence-corrected chi connectivity index (χ3v) is 2.23. The van der Waals surface area contributed by atoms with Crippen molar-refractivity contribution in [2.45, 2.75) is 0 Å². The molecule has 82 valence electrons. The number of aromatic carboxylic acids is 2. The summed E-state index contributed by atoms with van der Waals surface area (Å²) in [6.45, 7) is 0. The number of carbonyl (C=O) groups is 2. The van der Waals surface area contributed by atoms with Crippen molar-refractivity contribution in [3.63, 3.8) is 0 Å². The lowest BCUT2D eigenvalue weighted by Gasteiger charge is -1.96. The van der Waals surface area contributed by atoms with Crippen molar-refractivity contribution in [2.24, 2.45) is 0 Å². The lowest BCUT2D eigenvalue weighted by molar-refractivity contribution is 0.0643. The molecule has 0 radical (unpaired) electrons. The molecule has 0 saturated carbocycles. The van der Waals surface area contributed by atoms with Gasteiger partial charge in [-0.2, -0.15) is 0 Å². The van der Waals surface area contributed by atoms with E-state index in [0.29, 0.717) is 5.02 Å². The normalized spacial score (nSPS) is 10.6. The summed E-state index contributed by atoms with van der Waals surface area (Å²) in [6.07, 6.45) is 1.36. The number of nitrogens with zero attached hydrogens (tertiary/aromatic N) is 2. The number of pyridine rings is 1. The van der Waals surface area contributed by atoms with Gasteiger partial charge in [0.15, 0.2) is 11.4 Å². The molecule has 2 heterocycles. The van der Waals surface area contributed by atoms with Crippen LogP contribution in [0.5, 0.6) is 0 Å². The van der Waals surface area contributed by atoms with Gasteiger partial charge in [-0.3, -0.25) is 4.40 Å². The molecule has 2 aromatic heterocycles. The molecule has 0 amide bonds. The Morgan fingerprint density at radius 1 is 1.31 bits per heavy atom. The van der Waals surface area contributed by atoms with E-state index in [1.54, 1.807) is 0 Å². The SMILES string of the molecule is O=C(O)c1nc2cc(Cl)ccn2c1C(=O)O. The number of halogens is 1. The summed E-state index contributed by atoms with van der Waals surface area (Å²) in [5.74, 6) is -2.75. The molecule has 2 aromatic rings. The van der Waals surface area contributed by atoms with Crippen LogP contribution in [0.3, 0.4) is 0 Å². The Hall–Kier alpha value is -2.08. The molecule has 0 bridgehead atoms. The van der Waals surface area contributed by atoms with Crippen LogP contribution in [0, 0.1) is 0 Å². The number of imidazole rings is 1. The molecule has 6 nitrogen and oxygen atoms in total. The first-order valence-corrected chi connectivity index (χ1v) is 4.52. The van der Waals surface area contributed by atoms with Gasteiger partial charge < -0.3 is 10.2 Å². The van der Waals surface area contributed by atoms with E-state index in [1.807, 2.05) is 0 Å². The second kappa shape index (κ2) is 3.49. The summed E-state index contributed by atoms with van der Waals surface area (Å²) >= 11 is 5.69. The Labute approximate surface area is 93.7 Å². The summed E-state index contributed by atoms with van der Waals surface area (Å²) < 4.78 is 1.16. The van der Waals surface area contributed by atoms with Crippen LogP contribution in [0.2, 0.25) is 5.02 Å². The fourth-order valence-corrected chi connectivity index (χ4v) is 1.53. The maximum Gasteiger partial charge on any atom is 0.357 e. The minimum absolute atomic E-state index is 0.183. The molecule has 0 atom stereocenters. The Balaban J connectivity index is 2.86. The lowest BCUT2D eigenvalue weighted by Crippen LogP contribution is -2.09. The number of carboxylic acids is 2. The highest BCUT2D eigenvalue weighted by Gasteiger charge is 2.23. The number of carboxylic acid groups (broad SMARTS) is 2. The molecule has 0 spiro atoms. The minimum atomic E-state index is -1.39. The van der Waals surface area contributed by atoms with Crippen molar-refractivity contribution in [3.8, 4) is 0 Å². The van der Waals surface area contributed by atoms with E-state index in [9.17, 15) is 9.59 Å². The molecule has 0 aliphatic carbocycles. The zero-order valence-corrected chi connectivity index (χ0v) is 8.47. The summed E-state index contributed by atoms with van der Waals surface area (Å²) in [5, 5.41) is 18.1. The third-order valence-electron chi connectivity index (χ3n) is 1.99. The second-order valence-corrected chi connectivity index (χ2v) is 3.43. The molecule has 2 N–H and O–H groups in total. The topological polar surface area (TPSA) is 91.9 Å². The molecule has 0 aliphatic heterocycles. The standard InChI is InChI=1S/C9H5ClN2O4/c10-4-1-2-12-5(3-4)11-6(8(13)14)7(12)9(15)16/h1-3H,(H,13,14)(H,15,16). The van der Waals surface area contributed by atoms with Crippen LogP contribution >= 0.6 is 11.6 Å². The van der Waals surface area contributed by atoms with Gasteiger partial charge in [0.25, 0.3) is 0 Å². The van der Waals surface area contributed by atoms with Gasteiger partial charge in [0.1, 0.15) is 5.65 Å². The first kappa shape index (κ1) is 10.4. The van der Waals surface area contributed by atoms with Crippen LogP contribution < -0.4 is 0 Å². The number of hydrogen-bond donors (Lipinski definition) is 2.